The molecule has 0 spiro atoms. The van der Waals surface area contributed by atoms with Crippen molar-refractivity contribution in [1.29, 1.82) is 0 Å². The zero-order valence-electron chi connectivity index (χ0n) is 10.2. The zero-order chi connectivity index (χ0) is 12.0. The average Bonchev–Trinajstić information content (AvgIpc) is 2.24. The Balaban J connectivity index is 2.65. The lowest BCUT2D eigenvalue weighted by molar-refractivity contribution is 0.192. The number of aryl methyl sites for hydroxylation is 1. The predicted molar refractivity (Wildman–Crippen MR) is 70.3 cm³/mol. The highest BCUT2D eigenvalue weighted by atomic mass is 32.2. The van der Waals surface area contributed by atoms with Crippen molar-refractivity contribution < 1.29 is 9.84 Å². The molecule has 0 saturated heterocycles. The molecule has 0 bridgehead atoms. The van der Waals surface area contributed by atoms with Crippen LogP contribution in [-0.4, -0.2) is 23.2 Å². The van der Waals surface area contributed by atoms with Gasteiger partial charge in [0.25, 0.3) is 0 Å². The van der Waals surface area contributed by atoms with Crippen LogP contribution in [0.2, 0.25) is 0 Å². The minimum absolute atomic E-state index is 0.477. The molecular formula is C13H20O2S. The van der Waals surface area contributed by atoms with Gasteiger partial charge in [0.1, 0.15) is 5.75 Å². The molecule has 0 radical (unpaired) electrons. The second-order valence-corrected chi connectivity index (χ2v) is 5.16. The molecule has 1 atom stereocenters. The molecule has 3 heteroatoms. The number of thioether (sulfide) groups is 1. The van der Waals surface area contributed by atoms with Crippen LogP contribution in [0.3, 0.4) is 0 Å². The molecule has 1 aromatic carbocycles. The first-order valence-corrected chi connectivity index (χ1v) is 6.79. The van der Waals surface area contributed by atoms with Crippen molar-refractivity contribution in [3.05, 3.63) is 29.3 Å². The highest BCUT2D eigenvalue weighted by Gasteiger charge is 2.08. The van der Waals surface area contributed by atoms with Gasteiger partial charge >= 0.3 is 0 Å². The molecule has 1 N–H and O–H groups in total. The van der Waals surface area contributed by atoms with Gasteiger partial charge in [0.15, 0.2) is 0 Å². The Morgan fingerprint density at radius 1 is 1.44 bits per heavy atom. The number of benzene rings is 1. The van der Waals surface area contributed by atoms with Crippen molar-refractivity contribution in [1.82, 2.24) is 0 Å². The van der Waals surface area contributed by atoms with Crippen LogP contribution < -0.4 is 4.74 Å². The topological polar surface area (TPSA) is 29.5 Å². The van der Waals surface area contributed by atoms with Gasteiger partial charge in [-0.15, -0.1) is 0 Å². The summed E-state index contributed by atoms with van der Waals surface area (Å²) in [6.45, 7) is 6.62. The molecule has 0 aliphatic heterocycles. The minimum atomic E-state index is -0.477. The lowest BCUT2D eigenvalue weighted by Gasteiger charge is -2.14. The van der Waals surface area contributed by atoms with Crippen molar-refractivity contribution in [2.24, 2.45) is 0 Å². The van der Waals surface area contributed by atoms with Gasteiger partial charge in [-0.1, -0.05) is 19.1 Å². The molecule has 2 nitrogen and oxygen atoms in total. The molecule has 16 heavy (non-hydrogen) atoms. The van der Waals surface area contributed by atoms with Gasteiger partial charge in [0, 0.05) is 11.3 Å². The highest BCUT2D eigenvalue weighted by molar-refractivity contribution is 7.99. The van der Waals surface area contributed by atoms with Crippen LogP contribution in [0.4, 0.5) is 0 Å². The summed E-state index contributed by atoms with van der Waals surface area (Å²) < 4.78 is 5.70. The maximum absolute atomic E-state index is 9.61. The Labute approximate surface area is 102 Å². The third kappa shape index (κ3) is 4.06. The van der Waals surface area contributed by atoms with E-state index in [0.29, 0.717) is 6.61 Å². The second-order valence-electron chi connectivity index (χ2n) is 3.76. The molecule has 0 aliphatic carbocycles. The fraction of sp³-hybridized carbons (Fsp3) is 0.538. The normalized spacial score (nSPS) is 12.5. The third-order valence-electron chi connectivity index (χ3n) is 2.31. The van der Waals surface area contributed by atoms with Gasteiger partial charge in [-0.2, -0.15) is 11.8 Å². The second kappa shape index (κ2) is 6.81. The maximum atomic E-state index is 9.61. The summed E-state index contributed by atoms with van der Waals surface area (Å²) in [5, 5.41) is 9.61. The number of hydrogen-bond donors (Lipinski definition) is 1. The number of rotatable bonds is 6. The summed E-state index contributed by atoms with van der Waals surface area (Å²) in [6, 6.07) is 5.91. The summed E-state index contributed by atoms with van der Waals surface area (Å²) >= 11 is 1.86. The third-order valence-corrected chi connectivity index (χ3v) is 3.17. The van der Waals surface area contributed by atoms with Gasteiger partial charge in [0.05, 0.1) is 12.7 Å². The summed E-state index contributed by atoms with van der Waals surface area (Å²) in [6.07, 6.45) is -0.477. The van der Waals surface area contributed by atoms with Gasteiger partial charge in [-0.05, 0) is 31.2 Å². The number of hydrogen-bond acceptors (Lipinski definition) is 3. The monoisotopic (exact) mass is 240 g/mol. The highest BCUT2D eigenvalue weighted by Crippen LogP contribution is 2.26. The van der Waals surface area contributed by atoms with Crippen LogP contribution in [0.25, 0.3) is 0 Å². The van der Waals surface area contributed by atoms with Crippen molar-refractivity contribution >= 4 is 11.8 Å². The minimum Gasteiger partial charge on any atom is -0.492 e. The molecule has 0 saturated carbocycles. The van der Waals surface area contributed by atoms with E-state index in [2.05, 4.69) is 6.92 Å². The van der Waals surface area contributed by atoms with Crippen LogP contribution in [-0.2, 0) is 0 Å². The molecule has 0 amide bonds. The summed E-state index contributed by atoms with van der Waals surface area (Å²) in [4.78, 5) is 0. The first-order valence-electron chi connectivity index (χ1n) is 5.64. The molecule has 0 unspecified atom stereocenters. The van der Waals surface area contributed by atoms with Crippen LogP contribution in [0.5, 0.6) is 5.75 Å². The van der Waals surface area contributed by atoms with E-state index in [4.69, 9.17) is 4.74 Å². The van der Waals surface area contributed by atoms with Crippen LogP contribution in [0.15, 0.2) is 18.2 Å². The van der Waals surface area contributed by atoms with Crippen molar-refractivity contribution in [3.63, 3.8) is 0 Å². The number of aliphatic hydroxyl groups is 1. The van der Waals surface area contributed by atoms with Gasteiger partial charge in [-0.25, -0.2) is 0 Å². The summed E-state index contributed by atoms with van der Waals surface area (Å²) in [5.41, 5.74) is 2.02. The van der Waals surface area contributed by atoms with E-state index in [0.717, 1.165) is 28.4 Å². The van der Waals surface area contributed by atoms with Crippen molar-refractivity contribution in [2.45, 2.75) is 26.9 Å². The average molecular weight is 240 g/mol. The first kappa shape index (κ1) is 13.4. The Morgan fingerprint density at radius 3 is 2.81 bits per heavy atom. The molecule has 1 rings (SSSR count). The van der Waals surface area contributed by atoms with Crippen LogP contribution in [0.1, 0.15) is 31.1 Å². The van der Waals surface area contributed by atoms with Crippen molar-refractivity contribution in [3.8, 4) is 5.75 Å². The van der Waals surface area contributed by atoms with E-state index in [1.807, 2.05) is 36.9 Å². The number of ether oxygens (including phenoxy) is 1. The Kier molecular flexibility index (Phi) is 5.71. The fourth-order valence-electron chi connectivity index (χ4n) is 1.47. The molecule has 0 fully saturated rings. The fourth-order valence-corrected chi connectivity index (χ4v) is 1.96. The lowest BCUT2D eigenvalue weighted by Crippen LogP contribution is -2.04. The van der Waals surface area contributed by atoms with E-state index in [9.17, 15) is 5.11 Å². The van der Waals surface area contributed by atoms with Gasteiger partial charge < -0.3 is 9.84 Å². The van der Waals surface area contributed by atoms with Gasteiger partial charge in [-0.3, -0.25) is 0 Å². The summed E-state index contributed by atoms with van der Waals surface area (Å²) in [5.74, 6) is 2.91. The summed E-state index contributed by atoms with van der Waals surface area (Å²) in [7, 11) is 0. The Morgan fingerprint density at radius 2 is 2.19 bits per heavy atom. The van der Waals surface area contributed by atoms with E-state index in [1.165, 1.54) is 0 Å². The standard InChI is InChI=1S/C13H20O2S/c1-4-16-8-7-15-13-9-10(2)5-6-12(13)11(3)14/h5-6,9,11,14H,4,7-8H2,1-3H3/t11-/m0/s1. The SMILES string of the molecule is CCSCCOc1cc(C)ccc1[C@H](C)O. The largest absolute Gasteiger partial charge is 0.492 e. The van der Waals surface area contributed by atoms with E-state index in [-0.39, 0.29) is 0 Å². The van der Waals surface area contributed by atoms with E-state index in [1.54, 1.807) is 6.92 Å². The smallest absolute Gasteiger partial charge is 0.125 e. The lowest BCUT2D eigenvalue weighted by atomic mass is 10.1. The van der Waals surface area contributed by atoms with E-state index >= 15 is 0 Å². The molecule has 0 heterocycles. The maximum Gasteiger partial charge on any atom is 0.125 e. The van der Waals surface area contributed by atoms with Gasteiger partial charge in [0.2, 0.25) is 0 Å². The Hall–Kier alpha value is -0.670. The zero-order valence-corrected chi connectivity index (χ0v) is 11.0. The molecule has 0 aromatic heterocycles. The molecule has 90 valence electrons. The van der Waals surface area contributed by atoms with Crippen LogP contribution in [0, 0.1) is 6.92 Å². The molecule has 0 aliphatic rings. The number of aliphatic hydroxyl groups excluding tert-OH is 1. The molecule has 1 aromatic rings. The predicted octanol–water partition coefficient (Wildman–Crippen LogP) is 3.18. The molecular weight excluding hydrogens is 220 g/mol. The van der Waals surface area contributed by atoms with E-state index < -0.39 is 6.10 Å². The quantitative estimate of drug-likeness (QED) is 0.774. The first-order chi connectivity index (χ1) is 7.65. The van der Waals surface area contributed by atoms with Crippen LogP contribution >= 0.6 is 11.8 Å². The van der Waals surface area contributed by atoms with Crippen molar-refractivity contribution in [2.75, 3.05) is 18.1 Å². The Bertz CT molecular complexity index is 324.